The number of pyridine rings is 1. The molecule has 0 spiro atoms. The number of ketones is 1. The van der Waals surface area contributed by atoms with E-state index in [-0.39, 0.29) is 40.4 Å². The summed E-state index contributed by atoms with van der Waals surface area (Å²) >= 11 is 0. The van der Waals surface area contributed by atoms with Crippen molar-refractivity contribution in [2.45, 2.75) is 63.9 Å². The van der Waals surface area contributed by atoms with E-state index in [9.17, 15) is 24.3 Å². The number of carbonyl (C=O) groups excluding carboxylic acids is 3. The van der Waals surface area contributed by atoms with E-state index in [1.165, 1.54) is 4.57 Å². The summed E-state index contributed by atoms with van der Waals surface area (Å²) in [6, 6.07) is 10.7. The molecule has 8 heteroatoms. The summed E-state index contributed by atoms with van der Waals surface area (Å²) < 4.78 is 12.7. The highest BCUT2D eigenvalue weighted by Gasteiger charge is 2.37. The molecule has 202 valence electrons. The van der Waals surface area contributed by atoms with Crippen LogP contribution >= 0.6 is 0 Å². The molecule has 0 fully saturated rings. The minimum absolute atomic E-state index is 0.0365. The Morgan fingerprint density at radius 1 is 1.03 bits per heavy atom. The summed E-state index contributed by atoms with van der Waals surface area (Å²) in [6.07, 6.45) is 6.16. The summed E-state index contributed by atoms with van der Waals surface area (Å²) in [6.45, 7) is 1.75. The predicted molar refractivity (Wildman–Crippen MR) is 146 cm³/mol. The quantitative estimate of drug-likeness (QED) is 0.342. The summed E-state index contributed by atoms with van der Waals surface area (Å²) in [4.78, 5) is 51.6. The van der Waals surface area contributed by atoms with Gasteiger partial charge in [0.15, 0.2) is 0 Å². The molecular weight excluding hydrogens is 498 g/mol. The number of phenolic OH excluding ortho intramolecular Hbond substituents is 1. The van der Waals surface area contributed by atoms with E-state index in [0.717, 1.165) is 10.9 Å². The lowest BCUT2D eigenvalue weighted by molar-refractivity contribution is -0.135. The van der Waals surface area contributed by atoms with E-state index < -0.39 is 24.0 Å². The second-order valence-electron chi connectivity index (χ2n) is 10.3. The molecule has 3 aromatic rings. The van der Waals surface area contributed by atoms with Gasteiger partial charge in [-0.1, -0.05) is 30.4 Å². The van der Waals surface area contributed by atoms with E-state index in [2.05, 4.69) is 0 Å². The van der Waals surface area contributed by atoms with Crippen LogP contribution in [0.2, 0.25) is 0 Å². The number of benzene rings is 2. The van der Waals surface area contributed by atoms with Gasteiger partial charge in [-0.05, 0) is 61.8 Å². The van der Waals surface area contributed by atoms with Crippen molar-refractivity contribution < 1.29 is 29.0 Å². The molecule has 39 heavy (non-hydrogen) atoms. The van der Waals surface area contributed by atoms with Crippen molar-refractivity contribution in [1.82, 2.24) is 4.57 Å². The first-order valence-electron chi connectivity index (χ1n) is 13.3. The van der Waals surface area contributed by atoms with Gasteiger partial charge in [0.05, 0.1) is 18.0 Å². The van der Waals surface area contributed by atoms with Gasteiger partial charge >= 0.3 is 11.9 Å². The van der Waals surface area contributed by atoms with Crippen molar-refractivity contribution in [3.8, 4) is 11.5 Å². The van der Waals surface area contributed by atoms with Crippen LogP contribution < -0.4 is 10.3 Å². The fraction of sp³-hybridized carbons (Fsp3) is 0.355. The summed E-state index contributed by atoms with van der Waals surface area (Å²) in [5.41, 5.74) is 1.28. The molecule has 0 aliphatic carbocycles. The van der Waals surface area contributed by atoms with Crippen molar-refractivity contribution >= 4 is 34.7 Å². The highest BCUT2D eigenvalue weighted by molar-refractivity contribution is 5.98. The Morgan fingerprint density at radius 3 is 2.62 bits per heavy atom. The van der Waals surface area contributed by atoms with Crippen LogP contribution in [-0.2, 0) is 21.4 Å². The highest BCUT2D eigenvalue weighted by Crippen LogP contribution is 2.46. The van der Waals surface area contributed by atoms with Crippen molar-refractivity contribution in [3.05, 3.63) is 75.1 Å². The molecule has 0 bridgehead atoms. The van der Waals surface area contributed by atoms with Gasteiger partial charge in [-0.2, -0.15) is 0 Å². The minimum Gasteiger partial charge on any atom is -0.507 e. The zero-order chi connectivity index (χ0) is 27.7. The largest absolute Gasteiger partial charge is 0.507 e. The number of para-hydroxylation sites is 1. The molecule has 2 aliphatic rings. The Labute approximate surface area is 225 Å². The second-order valence-corrected chi connectivity index (χ2v) is 10.3. The monoisotopic (exact) mass is 529 g/mol. The van der Waals surface area contributed by atoms with Crippen LogP contribution in [-0.4, -0.2) is 33.5 Å². The van der Waals surface area contributed by atoms with Crippen LogP contribution in [0.3, 0.4) is 0 Å². The van der Waals surface area contributed by atoms with Crippen LogP contribution in [0.25, 0.3) is 17.0 Å². The maximum Gasteiger partial charge on any atom is 0.342 e. The van der Waals surface area contributed by atoms with Crippen LogP contribution in [0.1, 0.15) is 84.8 Å². The van der Waals surface area contributed by atoms with E-state index in [1.54, 1.807) is 32.2 Å². The molecule has 0 radical (unpaired) electrons. The molecule has 0 saturated carbocycles. The SMILES string of the molecule is C[C@H]1CCCC(=O)CCC/C=C/c2cc3c(c(O)c2C(=O)O1)[C@@H](c1cc2ccccc2n(C)c1=O)CC(=O)O3. The standard InChI is InChI=1S/C31H31NO7/c1-18-9-8-13-21(33)12-5-3-4-11-20-16-25-28(29(35)27(20)31(37)38-18)22(17-26(34)39-25)23-15-19-10-6-7-14-24(19)32(2)30(23)36/h4,6-7,10-11,14-16,18,22,35H,3,5,8-9,12-13,17H2,1-2H3/b11-4+/t18-,22+/m0/s1. The Balaban J connectivity index is 1.67. The van der Waals surface area contributed by atoms with Gasteiger partial charge in [-0.15, -0.1) is 0 Å². The summed E-state index contributed by atoms with van der Waals surface area (Å²) in [7, 11) is 1.66. The molecule has 2 atom stereocenters. The average Bonchev–Trinajstić information content (AvgIpc) is 2.89. The predicted octanol–water partition coefficient (Wildman–Crippen LogP) is 5.17. The Hall–Kier alpha value is -4.20. The Kier molecular flexibility index (Phi) is 7.37. The van der Waals surface area contributed by atoms with E-state index in [1.807, 2.05) is 30.3 Å². The molecule has 1 N–H and O–H groups in total. The lowest BCUT2D eigenvalue weighted by atomic mass is 9.83. The Bertz CT molecular complexity index is 1570. The number of nitrogens with zero attached hydrogens (tertiary/aromatic N) is 1. The number of ether oxygens (including phenoxy) is 2. The van der Waals surface area contributed by atoms with Gasteiger partial charge in [-0.3, -0.25) is 14.4 Å². The average molecular weight is 530 g/mol. The van der Waals surface area contributed by atoms with Gasteiger partial charge in [-0.25, -0.2) is 4.79 Å². The lowest BCUT2D eigenvalue weighted by Crippen LogP contribution is -2.29. The number of carbonyl (C=O) groups is 3. The van der Waals surface area contributed by atoms with Crippen molar-refractivity contribution in [1.29, 1.82) is 0 Å². The molecule has 5 rings (SSSR count). The zero-order valence-corrected chi connectivity index (χ0v) is 22.1. The molecule has 2 aliphatic heterocycles. The third-order valence-electron chi connectivity index (χ3n) is 7.51. The first-order valence-corrected chi connectivity index (χ1v) is 13.3. The molecule has 0 unspecified atom stereocenters. The van der Waals surface area contributed by atoms with Gasteiger partial charge in [0.1, 0.15) is 22.8 Å². The molecule has 3 heterocycles. The van der Waals surface area contributed by atoms with Gasteiger partial charge < -0.3 is 19.1 Å². The molecule has 2 aromatic carbocycles. The number of rotatable bonds is 1. The molecule has 8 nitrogen and oxygen atoms in total. The topological polar surface area (TPSA) is 112 Å². The fourth-order valence-corrected chi connectivity index (χ4v) is 5.48. The molecule has 1 aromatic heterocycles. The summed E-state index contributed by atoms with van der Waals surface area (Å²) in [5.74, 6) is -2.15. The molecular formula is C31H31NO7. The van der Waals surface area contributed by atoms with Crippen LogP contribution in [0.4, 0.5) is 0 Å². The first-order chi connectivity index (χ1) is 18.7. The number of Topliss-reactive ketones (excluding diaryl/α,β-unsaturated/α-hetero) is 1. The number of aromatic nitrogens is 1. The van der Waals surface area contributed by atoms with Gasteiger partial charge in [0, 0.05) is 36.9 Å². The number of hydrogen-bond acceptors (Lipinski definition) is 7. The number of aromatic hydroxyl groups is 1. The normalized spacial score (nSPS) is 21.3. The number of phenols is 1. The maximum atomic E-state index is 13.4. The number of cyclic esters (lactones) is 1. The lowest BCUT2D eigenvalue weighted by Gasteiger charge is -2.27. The van der Waals surface area contributed by atoms with Crippen molar-refractivity contribution in [2.75, 3.05) is 0 Å². The first kappa shape index (κ1) is 26.4. The van der Waals surface area contributed by atoms with E-state index in [0.29, 0.717) is 49.7 Å². The highest BCUT2D eigenvalue weighted by atomic mass is 16.5. The minimum atomic E-state index is -0.817. The summed E-state index contributed by atoms with van der Waals surface area (Å²) in [5, 5.41) is 12.4. The number of hydrogen-bond donors (Lipinski definition) is 1. The third-order valence-corrected chi connectivity index (χ3v) is 7.51. The molecule has 0 amide bonds. The third kappa shape index (κ3) is 5.24. The maximum absolute atomic E-state index is 13.4. The van der Waals surface area contributed by atoms with Gasteiger partial charge in [0.25, 0.3) is 5.56 Å². The number of fused-ring (bicyclic) bond motifs is 3. The fourth-order valence-electron chi connectivity index (χ4n) is 5.48. The zero-order valence-electron chi connectivity index (χ0n) is 22.1. The van der Waals surface area contributed by atoms with Crippen molar-refractivity contribution in [2.24, 2.45) is 7.05 Å². The number of allylic oxidation sites excluding steroid dienone is 1. The second kappa shape index (κ2) is 10.9. The smallest absolute Gasteiger partial charge is 0.342 e. The van der Waals surface area contributed by atoms with Crippen LogP contribution in [0, 0.1) is 0 Å². The van der Waals surface area contributed by atoms with Crippen LogP contribution in [0.15, 0.2) is 47.3 Å². The van der Waals surface area contributed by atoms with E-state index in [4.69, 9.17) is 9.47 Å². The number of aryl methyl sites for hydroxylation is 1. The number of esters is 2. The van der Waals surface area contributed by atoms with Crippen molar-refractivity contribution in [3.63, 3.8) is 0 Å². The van der Waals surface area contributed by atoms with Gasteiger partial charge in [0.2, 0.25) is 0 Å². The Morgan fingerprint density at radius 2 is 1.79 bits per heavy atom. The van der Waals surface area contributed by atoms with E-state index >= 15 is 0 Å². The molecule has 0 saturated heterocycles. The van der Waals surface area contributed by atoms with Crippen LogP contribution in [0.5, 0.6) is 11.5 Å².